The van der Waals surface area contributed by atoms with Gasteiger partial charge in [-0.2, -0.15) is 0 Å². The van der Waals surface area contributed by atoms with Gasteiger partial charge < -0.3 is 14.4 Å². The standard InChI is InChI=1S/C39H44ClN3O6S/c1-25-26(6-3-8-36(25)50(46,47)38-41-18-5-19-42-38)10-15-34(44)31-13-9-29(31)22-43-23-39(17-4-7-27-20-30(40)12-14-32(27)39)24-49-35-16-11-28(21-33(35)43)37(45)48-2/h5,10-12,14-16,18-21,25-26,29,31,36H,3-4,6-9,13,17,22-24H2,1-2H3/b15-10+/t25-,26-,29+,31-,36+,39+/m1/s1. The number of ether oxygens (including phenoxy) is 2. The molecule has 6 atom stereocenters. The maximum atomic E-state index is 13.8. The van der Waals surface area contributed by atoms with Crippen molar-refractivity contribution in [3.05, 3.63) is 88.7 Å². The van der Waals surface area contributed by atoms with Gasteiger partial charge in [-0.1, -0.05) is 37.1 Å². The number of aryl methyl sites for hydroxylation is 1. The predicted octanol–water partition coefficient (Wildman–Crippen LogP) is 6.82. The van der Waals surface area contributed by atoms with Gasteiger partial charge in [0.05, 0.1) is 30.2 Å². The largest absolute Gasteiger partial charge is 0.490 e. The van der Waals surface area contributed by atoms with Crippen molar-refractivity contribution in [1.82, 2.24) is 9.97 Å². The molecule has 2 heterocycles. The lowest BCUT2D eigenvalue weighted by Gasteiger charge is -2.44. The van der Waals surface area contributed by atoms with Gasteiger partial charge >= 0.3 is 5.97 Å². The molecule has 3 aromatic rings. The van der Waals surface area contributed by atoms with Crippen LogP contribution < -0.4 is 9.64 Å². The van der Waals surface area contributed by atoms with Crippen LogP contribution in [0.4, 0.5) is 5.69 Å². The Bertz CT molecular complexity index is 1900. The highest BCUT2D eigenvalue weighted by molar-refractivity contribution is 7.91. The number of carbonyl (C=O) groups excluding carboxylic acids is 2. The molecule has 9 nitrogen and oxygen atoms in total. The molecule has 2 fully saturated rings. The monoisotopic (exact) mass is 717 g/mol. The lowest BCUT2D eigenvalue weighted by atomic mass is 9.68. The van der Waals surface area contributed by atoms with Gasteiger partial charge in [0.15, 0.2) is 5.78 Å². The van der Waals surface area contributed by atoms with Crippen LogP contribution in [-0.4, -0.2) is 62.2 Å². The summed E-state index contributed by atoms with van der Waals surface area (Å²) < 4.78 is 38.4. The number of carbonyl (C=O) groups is 2. The molecule has 1 spiro atoms. The number of anilines is 1. The summed E-state index contributed by atoms with van der Waals surface area (Å²) in [5, 5.41) is 0.0109. The Hall–Kier alpha value is -3.76. The van der Waals surface area contributed by atoms with Gasteiger partial charge in [0.25, 0.3) is 0 Å². The van der Waals surface area contributed by atoms with E-state index in [0.717, 1.165) is 61.4 Å². The van der Waals surface area contributed by atoms with E-state index in [4.69, 9.17) is 21.1 Å². The molecule has 1 aliphatic heterocycles. The third-order valence-electron chi connectivity index (χ3n) is 11.7. The van der Waals surface area contributed by atoms with Crippen molar-refractivity contribution < 1.29 is 27.5 Å². The quantitative estimate of drug-likeness (QED) is 0.141. The zero-order valence-corrected chi connectivity index (χ0v) is 30.2. The minimum atomic E-state index is -3.68. The molecule has 0 amide bonds. The lowest BCUT2D eigenvalue weighted by molar-refractivity contribution is -0.122. The maximum Gasteiger partial charge on any atom is 0.337 e. The Morgan fingerprint density at radius 3 is 2.66 bits per heavy atom. The van der Waals surface area contributed by atoms with Crippen LogP contribution in [0.25, 0.3) is 0 Å². The Morgan fingerprint density at radius 1 is 1.08 bits per heavy atom. The lowest BCUT2D eigenvalue weighted by Crippen LogP contribution is -2.49. The van der Waals surface area contributed by atoms with Gasteiger partial charge in [-0.05, 0) is 116 Å². The first kappa shape index (κ1) is 34.7. The number of ketones is 1. The maximum absolute atomic E-state index is 13.8. The Labute approximate surface area is 299 Å². The Kier molecular flexibility index (Phi) is 9.78. The fraction of sp³-hybridized carbons (Fsp3) is 0.487. The van der Waals surface area contributed by atoms with E-state index in [1.807, 2.05) is 31.2 Å². The molecule has 4 aliphatic rings. The van der Waals surface area contributed by atoms with Crippen molar-refractivity contribution in [3.8, 4) is 5.75 Å². The second-order valence-electron chi connectivity index (χ2n) is 14.6. The van der Waals surface area contributed by atoms with Crippen LogP contribution >= 0.6 is 11.6 Å². The summed E-state index contributed by atoms with van der Waals surface area (Å²) in [5.74, 6) is 0.196. The first-order valence-electron chi connectivity index (χ1n) is 17.7. The summed E-state index contributed by atoms with van der Waals surface area (Å²) in [7, 11) is -2.30. The number of methoxy groups -OCH3 is 1. The number of allylic oxidation sites excluding steroid dienone is 2. The van der Waals surface area contributed by atoms with Crippen LogP contribution in [0.3, 0.4) is 0 Å². The normalized spacial score (nSPS) is 27.8. The van der Waals surface area contributed by atoms with Crippen molar-refractivity contribution in [3.63, 3.8) is 0 Å². The summed E-state index contributed by atoms with van der Waals surface area (Å²) in [6.07, 6.45) is 13.4. The molecule has 0 saturated heterocycles. The highest BCUT2D eigenvalue weighted by atomic mass is 35.5. The Balaban J connectivity index is 1.11. The molecule has 3 aliphatic carbocycles. The smallest absolute Gasteiger partial charge is 0.337 e. The molecule has 11 heteroatoms. The number of rotatable bonds is 8. The predicted molar refractivity (Wildman–Crippen MR) is 191 cm³/mol. The van der Waals surface area contributed by atoms with Gasteiger partial charge in [-0.15, -0.1) is 0 Å². The SMILES string of the molecule is COC(=O)c1ccc2c(c1)N(C[C@@H]1CC[C@H]1C(=O)/C=C/[C@H]1CCC[C@H](S(=O)(=O)c3ncccn3)[C@@H]1C)C[C@@]1(CCCc3cc(Cl)ccc31)CO2. The Morgan fingerprint density at radius 2 is 1.90 bits per heavy atom. The van der Waals surface area contributed by atoms with E-state index in [1.165, 1.54) is 30.6 Å². The molecule has 1 aromatic heterocycles. The number of hydrogen-bond donors (Lipinski definition) is 0. The van der Waals surface area contributed by atoms with Crippen LogP contribution in [-0.2, 0) is 31.2 Å². The van der Waals surface area contributed by atoms with Crippen molar-refractivity contribution in [2.24, 2.45) is 23.7 Å². The molecular weight excluding hydrogens is 674 g/mol. The van der Waals surface area contributed by atoms with E-state index in [2.05, 4.69) is 27.0 Å². The summed E-state index contributed by atoms with van der Waals surface area (Å²) >= 11 is 6.42. The fourth-order valence-electron chi connectivity index (χ4n) is 8.78. The van der Waals surface area contributed by atoms with Crippen LogP contribution in [0.2, 0.25) is 5.02 Å². The van der Waals surface area contributed by atoms with Crippen molar-refractivity contribution >= 4 is 38.9 Å². The molecule has 50 heavy (non-hydrogen) atoms. The van der Waals surface area contributed by atoms with Gasteiger partial charge in [0.2, 0.25) is 15.0 Å². The van der Waals surface area contributed by atoms with Crippen molar-refractivity contribution in [2.75, 3.05) is 31.7 Å². The number of aromatic nitrogens is 2. The van der Waals surface area contributed by atoms with Crippen LogP contribution in [0, 0.1) is 23.7 Å². The summed E-state index contributed by atoms with van der Waals surface area (Å²) in [4.78, 5) is 36.8. The number of benzene rings is 2. The number of halogens is 1. The number of esters is 1. The number of fused-ring (bicyclic) bond motifs is 3. The zero-order valence-electron chi connectivity index (χ0n) is 28.6. The van der Waals surface area contributed by atoms with E-state index in [0.29, 0.717) is 31.7 Å². The minimum Gasteiger partial charge on any atom is -0.490 e. The average Bonchev–Trinajstić information content (AvgIpc) is 3.26. The number of nitrogens with zero attached hydrogens (tertiary/aromatic N) is 3. The molecule has 2 aromatic carbocycles. The van der Waals surface area contributed by atoms with Crippen LogP contribution in [0.1, 0.15) is 73.4 Å². The van der Waals surface area contributed by atoms with E-state index >= 15 is 0 Å². The number of hydrogen-bond acceptors (Lipinski definition) is 9. The summed E-state index contributed by atoms with van der Waals surface area (Å²) in [6.45, 7) is 3.80. The van der Waals surface area contributed by atoms with Crippen LogP contribution in [0.5, 0.6) is 5.75 Å². The van der Waals surface area contributed by atoms with Crippen LogP contribution in [0.15, 0.2) is 72.2 Å². The molecule has 0 bridgehead atoms. The van der Waals surface area contributed by atoms with E-state index in [1.54, 1.807) is 18.2 Å². The highest BCUT2D eigenvalue weighted by Crippen LogP contribution is 2.46. The minimum absolute atomic E-state index is 0.0270. The molecule has 0 radical (unpaired) electrons. The molecule has 0 unspecified atom stereocenters. The van der Waals surface area contributed by atoms with E-state index in [9.17, 15) is 18.0 Å². The molecule has 7 rings (SSSR count). The molecule has 2 saturated carbocycles. The summed E-state index contributed by atoms with van der Waals surface area (Å²) in [5.41, 5.74) is 3.52. The second kappa shape index (κ2) is 14.1. The van der Waals surface area contributed by atoms with Gasteiger partial charge in [-0.25, -0.2) is 23.2 Å². The number of sulfone groups is 1. The first-order chi connectivity index (χ1) is 24.1. The highest BCUT2D eigenvalue weighted by Gasteiger charge is 2.45. The second-order valence-corrected chi connectivity index (χ2v) is 17.0. The molecular formula is C39H44ClN3O6S. The van der Waals surface area contributed by atoms with Crippen molar-refractivity contribution in [2.45, 2.75) is 74.1 Å². The third kappa shape index (κ3) is 6.57. The average molecular weight is 718 g/mol. The first-order valence-corrected chi connectivity index (χ1v) is 19.6. The van der Waals surface area contributed by atoms with Gasteiger partial charge in [0, 0.05) is 41.8 Å². The van der Waals surface area contributed by atoms with Crippen molar-refractivity contribution in [1.29, 1.82) is 0 Å². The third-order valence-corrected chi connectivity index (χ3v) is 14.1. The van der Waals surface area contributed by atoms with Gasteiger partial charge in [-0.3, -0.25) is 4.79 Å². The topological polar surface area (TPSA) is 116 Å². The van der Waals surface area contributed by atoms with E-state index < -0.39 is 21.1 Å². The fourth-order valence-corrected chi connectivity index (χ4v) is 10.9. The summed E-state index contributed by atoms with van der Waals surface area (Å²) in [6, 6.07) is 13.2. The zero-order chi connectivity index (χ0) is 35.0. The van der Waals surface area contributed by atoms with E-state index in [-0.39, 0.29) is 40.0 Å². The molecule has 264 valence electrons. The molecule has 0 N–H and O–H groups in total. The van der Waals surface area contributed by atoms with Gasteiger partial charge in [0.1, 0.15) is 5.75 Å².